The normalized spacial score (nSPS) is 12.7. The Kier molecular flexibility index (Phi) is 4.47. The maximum atomic E-state index is 12.0. The Morgan fingerprint density at radius 2 is 2.13 bits per heavy atom. The predicted octanol–water partition coefficient (Wildman–Crippen LogP) is 2.59. The number of rotatable bonds is 5. The maximum absolute atomic E-state index is 12.0. The topological polar surface area (TPSA) is 72.2 Å². The van der Waals surface area contributed by atoms with Crippen LogP contribution < -0.4 is 5.32 Å². The van der Waals surface area contributed by atoms with Gasteiger partial charge in [0.05, 0.1) is 16.8 Å². The van der Waals surface area contributed by atoms with Crippen molar-refractivity contribution in [1.29, 1.82) is 0 Å². The number of para-hydroxylation sites is 2. The smallest absolute Gasteiger partial charge is 0.230 e. The van der Waals surface area contributed by atoms with Crippen molar-refractivity contribution in [1.82, 2.24) is 24.9 Å². The number of aromatic nitrogens is 4. The molecular formula is C16H19N5OS. The summed E-state index contributed by atoms with van der Waals surface area (Å²) in [5.74, 6) is 1.13. The molecule has 0 saturated heterocycles. The van der Waals surface area contributed by atoms with E-state index in [1.807, 2.05) is 49.4 Å². The van der Waals surface area contributed by atoms with E-state index in [0.29, 0.717) is 11.4 Å². The highest BCUT2D eigenvalue weighted by Crippen LogP contribution is 2.25. The fourth-order valence-corrected chi connectivity index (χ4v) is 3.12. The summed E-state index contributed by atoms with van der Waals surface area (Å²) in [4.78, 5) is 16.6. The molecule has 1 atom stereocenters. The molecule has 1 N–H and O–H groups in total. The number of hydrogen-bond acceptors (Lipinski definition) is 5. The van der Waals surface area contributed by atoms with E-state index in [4.69, 9.17) is 0 Å². The second kappa shape index (κ2) is 6.54. The molecule has 1 amide bonds. The van der Waals surface area contributed by atoms with Crippen molar-refractivity contribution in [2.45, 2.75) is 38.3 Å². The third-order valence-corrected chi connectivity index (χ3v) is 4.67. The number of carbonyl (C=O) groups excluding carboxylic acids is 1. The summed E-state index contributed by atoms with van der Waals surface area (Å²) < 4.78 is 1.98. The van der Waals surface area contributed by atoms with Crippen molar-refractivity contribution in [2.24, 2.45) is 0 Å². The van der Waals surface area contributed by atoms with Crippen LogP contribution in [-0.2, 0) is 4.79 Å². The number of amides is 1. The van der Waals surface area contributed by atoms with Gasteiger partial charge in [0.25, 0.3) is 0 Å². The number of nitrogens with zero attached hydrogens (tertiary/aromatic N) is 4. The standard InChI is InChI=1S/C16H19N5OS/c1-4-10(2)17-14(22)9-23-16-15-20-19-11(3)21(15)13-8-6-5-7-12(13)18-16/h5-8,10H,4,9H2,1-3H3,(H,17,22). The number of benzene rings is 1. The summed E-state index contributed by atoms with van der Waals surface area (Å²) in [6, 6.07) is 8.05. The lowest BCUT2D eigenvalue weighted by Gasteiger charge is -2.11. The summed E-state index contributed by atoms with van der Waals surface area (Å²) in [5, 5.41) is 12.1. The summed E-state index contributed by atoms with van der Waals surface area (Å²) in [7, 11) is 0. The lowest BCUT2D eigenvalue weighted by molar-refractivity contribution is -0.119. The molecule has 1 aromatic carbocycles. The highest BCUT2D eigenvalue weighted by molar-refractivity contribution is 8.00. The molecule has 0 fully saturated rings. The molecular weight excluding hydrogens is 310 g/mol. The number of thioether (sulfide) groups is 1. The minimum atomic E-state index is 0.00805. The van der Waals surface area contributed by atoms with Crippen LogP contribution in [0.5, 0.6) is 0 Å². The highest BCUT2D eigenvalue weighted by atomic mass is 32.2. The Balaban J connectivity index is 1.92. The van der Waals surface area contributed by atoms with Crippen LogP contribution in [0.4, 0.5) is 0 Å². The van der Waals surface area contributed by atoms with Gasteiger partial charge in [0.15, 0.2) is 5.65 Å². The second-order valence-electron chi connectivity index (χ2n) is 5.48. The summed E-state index contributed by atoms with van der Waals surface area (Å²) in [6.45, 7) is 5.96. The predicted molar refractivity (Wildman–Crippen MR) is 91.6 cm³/mol. The van der Waals surface area contributed by atoms with Crippen molar-refractivity contribution < 1.29 is 4.79 Å². The molecule has 120 valence electrons. The molecule has 23 heavy (non-hydrogen) atoms. The number of fused-ring (bicyclic) bond motifs is 3. The monoisotopic (exact) mass is 329 g/mol. The zero-order valence-electron chi connectivity index (χ0n) is 13.4. The van der Waals surface area contributed by atoms with E-state index in [0.717, 1.165) is 28.3 Å². The first-order valence-corrected chi connectivity index (χ1v) is 8.61. The Hall–Kier alpha value is -2.15. The molecule has 0 aliphatic heterocycles. The second-order valence-corrected chi connectivity index (χ2v) is 6.44. The van der Waals surface area contributed by atoms with Crippen molar-refractivity contribution >= 4 is 34.3 Å². The van der Waals surface area contributed by atoms with Crippen LogP contribution in [0.25, 0.3) is 16.7 Å². The van der Waals surface area contributed by atoms with Crippen molar-refractivity contribution in [2.75, 3.05) is 5.75 Å². The third kappa shape index (κ3) is 3.14. The van der Waals surface area contributed by atoms with Crippen LogP contribution >= 0.6 is 11.8 Å². The van der Waals surface area contributed by atoms with Gasteiger partial charge >= 0.3 is 0 Å². The lowest BCUT2D eigenvalue weighted by atomic mass is 10.3. The zero-order valence-corrected chi connectivity index (χ0v) is 14.2. The molecule has 7 heteroatoms. The van der Waals surface area contributed by atoms with Gasteiger partial charge in [-0.05, 0) is 32.4 Å². The van der Waals surface area contributed by atoms with E-state index in [1.54, 1.807) is 0 Å². The van der Waals surface area contributed by atoms with Gasteiger partial charge in [-0.1, -0.05) is 30.8 Å². The van der Waals surface area contributed by atoms with E-state index in [2.05, 4.69) is 20.5 Å². The Morgan fingerprint density at radius 3 is 2.91 bits per heavy atom. The van der Waals surface area contributed by atoms with Crippen LogP contribution in [0, 0.1) is 6.92 Å². The molecule has 0 aliphatic carbocycles. The summed E-state index contributed by atoms with van der Waals surface area (Å²) in [6.07, 6.45) is 0.915. The maximum Gasteiger partial charge on any atom is 0.230 e. The molecule has 3 aromatic rings. The summed E-state index contributed by atoms with van der Waals surface area (Å²) >= 11 is 1.39. The highest BCUT2D eigenvalue weighted by Gasteiger charge is 2.15. The molecule has 0 saturated carbocycles. The van der Waals surface area contributed by atoms with Gasteiger partial charge in [-0.2, -0.15) is 0 Å². The van der Waals surface area contributed by atoms with Gasteiger partial charge in [-0.25, -0.2) is 4.98 Å². The summed E-state index contributed by atoms with van der Waals surface area (Å²) in [5.41, 5.74) is 2.54. The molecule has 0 bridgehead atoms. The minimum absolute atomic E-state index is 0.00805. The van der Waals surface area contributed by atoms with Crippen LogP contribution in [0.1, 0.15) is 26.1 Å². The molecule has 1 unspecified atom stereocenters. The van der Waals surface area contributed by atoms with E-state index < -0.39 is 0 Å². The molecule has 0 aliphatic rings. The first kappa shape index (κ1) is 15.7. The quantitative estimate of drug-likeness (QED) is 0.729. The fourth-order valence-electron chi connectivity index (χ4n) is 2.35. The molecule has 6 nitrogen and oxygen atoms in total. The first-order valence-electron chi connectivity index (χ1n) is 7.62. The van der Waals surface area contributed by atoms with Crippen molar-refractivity contribution in [3.05, 3.63) is 30.1 Å². The average Bonchev–Trinajstić information content (AvgIpc) is 2.95. The van der Waals surface area contributed by atoms with E-state index >= 15 is 0 Å². The first-order chi connectivity index (χ1) is 11.1. The van der Waals surface area contributed by atoms with Crippen LogP contribution in [0.2, 0.25) is 0 Å². The van der Waals surface area contributed by atoms with E-state index in [9.17, 15) is 4.79 Å². The molecule has 3 rings (SSSR count). The molecule has 0 spiro atoms. The average molecular weight is 329 g/mol. The number of aryl methyl sites for hydroxylation is 1. The molecule has 2 heterocycles. The third-order valence-electron chi connectivity index (χ3n) is 3.72. The minimum Gasteiger partial charge on any atom is -0.353 e. The van der Waals surface area contributed by atoms with Gasteiger partial charge in [0.1, 0.15) is 10.9 Å². The molecule has 2 aromatic heterocycles. The largest absolute Gasteiger partial charge is 0.353 e. The fraction of sp³-hybridized carbons (Fsp3) is 0.375. The number of carbonyl (C=O) groups is 1. The number of nitrogens with one attached hydrogen (secondary N) is 1. The molecule has 0 radical (unpaired) electrons. The number of hydrogen-bond donors (Lipinski definition) is 1. The van der Waals surface area contributed by atoms with Crippen LogP contribution in [0.15, 0.2) is 29.3 Å². The van der Waals surface area contributed by atoms with E-state index in [1.165, 1.54) is 11.8 Å². The van der Waals surface area contributed by atoms with Gasteiger partial charge in [0, 0.05) is 6.04 Å². The zero-order chi connectivity index (χ0) is 16.4. The van der Waals surface area contributed by atoms with Crippen molar-refractivity contribution in [3.8, 4) is 0 Å². The van der Waals surface area contributed by atoms with Crippen LogP contribution in [-0.4, -0.2) is 37.3 Å². The Labute approximate surface area is 138 Å². The Bertz CT molecular complexity index is 860. The van der Waals surface area contributed by atoms with E-state index in [-0.39, 0.29) is 11.9 Å². The van der Waals surface area contributed by atoms with Gasteiger partial charge in [-0.15, -0.1) is 10.2 Å². The lowest BCUT2D eigenvalue weighted by Crippen LogP contribution is -2.33. The van der Waals surface area contributed by atoms with Crippen molar-refractivity contribution in [3.63, 3.8) is 0 Å². The Morgan fingerprint density at radius 1 is 1.35 bits per heavy atom. The van der Waals surface area contributed by atoms with Gasteiger partial charge < -0.3 is 5.32 Å². The van der Waals surface area contributed by atoms with Gasteiger partial charge in [0.2, 0.25) is 5.91 Å². The van der Waals surface area contributed by atoms with Crippen LogP contribution in [0.3, 0.4) is 0 Å². The SMILES string of the molecule is CCC(C)NC(=O)CSc1nc2ccccc2n2c(C)nnc12. The van der Waals surface area contributed by atoms with Gasteiger partial charge in [-0.3, -0.25) is 9.20 Å².